The molecule has 1 aliphatic carbocycles. The van der Waals surface area contributed by atoms with Crippen molar-refractivity contribution < 1.29 is 4.39 Å². The van der Waals surface area contributed by atoms with Gasteiger partial charge in [0.05, 0.1) is 11.1 Å². The molecule has 0 saturated heterocycles. The molecule has 6 heteroatoms. The number of halogens is 1. The summed E-state index contributed by atoms with van der Waals surface area (Å²) in [6, 6.07) is 16.6. The molecule has 0 spiro atoms. The SMILES string of the molecule is Fc1ccccc1-c1nc(Nc2n[nH]c3ccccc23)cc(C2CCCCC2)n1. The van der Waals surface area contributed by atoms with Crippen LogP contribution in [-0.2, 0) is 0 Å². The number of anilines is 2. The van der Waals surface area contributed by atoms with E-state index in [1.807, 2.05) is 36.4 Å². The van der Waals surface area contributed by atoms with Crippen LogP contribution < -0.4 is 5.32 Å². The fourth-order valence-corrected chi connectivity index (χ4v) is 4.08. The molecule has 0 amide bonds. The summed E-state index contributed by atoms with van der Waals surface area (Å²) >= 11 is 0. The lowest BCUT2D eigenvalue weighted by Gasteiger charge is -2.22. The molecule has 0 bridgehead atoms. The largest absolute Gasteiger partial charge is 0.323 e. The van der Waals surface area contributed by atoms with Gasteiger partial charge in [-0.05, 0) is 37.1 Å². The van der Waals surface area contributed by atoms with Crippen LogP contribution in [0.2, 0.25) is 0 Å². The molecule has 0 radical (unpaired) electrons. The first-order valence-corrected chi connectivity index (χ1v) is 10.1. The molecule has 0 aliphatic heterocycles. The van der Waals surface area contributed by atoms with Crippen LogP contribution in [0.4, 0.5) is 16.0 Å². The second-order valence-corrected chi connectivity index (χ2v) is 7.56. The molecule has 2 aromatic carbocycles. The zero-order valence-electron chi connectivity index (χ0n) is 16.0. The topological polar surface area (TPSA) is 66.5 Å². The normalized spacial score (nSPS) is 14.9. The molecule has 0 atom stereocenters. The van der Waals surface area contributed by atoms with Crippen molar-refractivity contribution in [3.63, 3.8) is 0 Å². The van der Waals surface area contributed by atoms with Gasteiger partial charge in [-0.1, -0.05) is 43.5 Å². The number of hydrogen-bond donors (Lipinski definition) is 2. The molecule has 2 aromatic heterocycles. The minimum atomic E-state index is -0.315. The van der Waals surface area contributed by atoms with E-state index in [1.54, 1.807) is 12.1 Å². The number of benzene rings is 2. The maximum atomic E-state index is 14.4. The van der Waals surface area contributed by atoms with E-state index < -0.39 is 0 Å². The van der Waals surface area contributed by atoms with Crippen molar-refractivity contribution in [3.8, 4) is 11.4 Å². The van der Waals surface area contributed by atoms with Crippen LogP contribution >= 0.6 is 0 Å². The second-order valence-electron chi connectivity index (χ2n) is 7.56. The van der Waals surface area contributed by atoms with Gasteiger partial charge >= 0.3 is 0 Å². The Morgan fingerprint density at radius 3 is 2.59 bits per heavy atom. The Kier molecular flexibility index (Phi) is 4.68. The third-order valence-corrected chi connectivity index (χ3v) is 5.60. The van der Waals surface area contributed by atoms with Crippen LogP contribution in [0, 0.1) is 5.82 Å². The number of para-hydroxylation sites is 1. The maximum absolute atomic E-state index is 14.4. The van der Waals surface area contributed by atoms with E-state index in [2.05, 4.69) is 20.5 Å². The number of nitrogens with zero attached hydrogens (tertiary/aromatic N) is 3. The molecule has 1 saturated carbocycles. The molecule has 0 unspecified atom stereocenters. The summed E-state index contributed by atoms with van der Waals surface area (Å²) in [7, 11) is 0. The summed E-state index contributed by atoms with van der Waals surface area (Å²) < 4.78 is 14.4. The molecule has 4 aromatic rings. The molecular formula is C23H22FN5. The first kappa shape index (κ1) is 17.8. The van der Waals surface area contributed by atoms with Crippen LogP contribution in [0.25, 0.3) is 22.3 Å². The fourth-order valence-electron chi connectivity index (χ4n) is 4.08. The lowest BCUT2D eigenvalue weighted by atomic mass is 9.87. The van der Waals surface area contributed by atoms with Crippen molar-refractivity contribution in [3.05, 3.63) is 66.1 Å². The molecule has 2 heterocycles. The van der Waals surface area contributed by atoms with Crippen molar-refractivity contribution >= 4 is 22.5 Å². The van der Waals surface area contributed by atoms with Gasteiger partial charge in [0.2, 0.25) is 0 Å². The molecule has 1 fully saturated rings. The smallest absolute Gasteiger partial charge is 0.164 e. The van der Waals surface area contributed by atoms with Crippen LogP contribution in [0.1, 0.15) is 43.7 Å². The van der Waals surface area contributed by atoms with Crippen molar-refractivity contribution in [2.45, 2.75) is 38.0 Å². The lowest BCUT2D eigenvalue weighted by Crippen LogP contribution is -2.09. The van der Waals surface area contributed by atoms with Gasteiger partial charge in [-0.3, -0.25) is 5.10 Å². The zero-order chi connectivity index (χ0) is 19.6. The summed E-state index contributed by atoms with van der Waals surface area (Å²) in [4.78, 5) is 9.39. The van der Waals surface area contributed by atoms with Gasteiger partial charge in [0.15, 0.2) is 11.6 Å². The van der Waals surface area contributed by atoms with Crippen LogP contribution in [0.5, 0.6) is 0 Å². The summed E-state index contributed by atoms with van der Waals surface area (Å²) in [5.74, 6) is 1.82. The van der Waals surface area contributed by atoms with E-state index in [0.717, 1.165) is 29.4 Å². The van der Waals surface area contributed by atoms with Crippen molar-refractivity contribution in [1.82, 2.24) is 20.2 Å². The minimum Gasteiger partial charge on any atom is -0.323 e. The third kappa shape index (κ3) is 3.58. The Bertz CT molecular complexity index is 1150. The monoisotopic (exact) mass is 387 g/mol. The lowest BCUT2D eigenvalue weighted by molar-refractivity contribution is 0.436. The van der Waals surface area contributed by atoms with Gasteiger partial charge in [0, 0.05) is 23.1 Å². The summed E-state index contributed by atoms with van der Waals surface area (Å²) in [6.45, 7) is 0. The Labute approximate surface area is 168 Å². The van der Waals surface area contributed by atoms with Crippen molar-refractivity contribution in [1.29, 1.82) is 0 Å². The Morgan fingerprint density at radius 2 is 1.72 bits per heavy atom. The Hall–Kier alpha value is -3.28. The third-order valence-electron chi connectivity index (χ3n) is 5.60. The summed E-state index contributed by atoms with van der Waals surface area (Å²) in [6.07, 6.45) is 5.90. The second kappa shape index (κ2) is 7.62. The van der Waals surface area contributed by atoms with E-state index >= 15 is 0 Å². The van der Waals surface area contributed by atoms with Crippen molar-refractivity contribution in [2.24, 2.45) is 0 Å². The molecule has 5 rings (SSSR count). The van der Waals surface area contributed by atoms with Gasteiger partial charge < -0.3 is 5.32 Å². The molecule has 5 nitrogen and oxygen atoms in total. The molecule has 2 N–H and O–H groups in total. The predicted octanol–water partition coefficient (Wildman–Crippen LogP) is 5.95. The average molecular weight is 387 g/mol. The summed E-state index contributed by atoms with van der Waals surface area (Å²) in [5.41, 5.74) is 2.34. The molecule has 1 aliphatic rings. The van der Waals surface area contributed by atoms with Gasteiger partial charge in [-0.15, -0.1) is 0 Å². The van der Waals surface area contributed by atoms with Crippen LogP contribution in [0.3, 0.4) is 0 Å². The molecular weight excluding hydrogens is 365 g/mol. The number of H-pyrrole nitrogens is 1. The Morgan fingerprint density at radius 1 is 0.931 bits per heavy atom. The van der Waals surface area contributed by atoms with Gasteiger partial charge in [0.25, 0.3) is 0 Å². The molecule has 29 heavy (non-hydrogen) atoms. The standard InChI is InChI=1S/C23H22FN5/c24-18-12-6-4-10-16(18)22-25-20(15-8-2-1-3-9-15)14-21(26-22)27-23-17-11-5-7-13-19(17)28-29-23/h4-7,10-15H,1-3,8-9H2,(H2,25,26,27,28,29). The number of aromatic amines is 1. The number of rotatable bonds is 4. The highest BCUT2D eigenvalue weighted by molar-refractivity contribution is 5.91. The highest BCUT2D eigenvalue weighted by Crippen LogP contribution is 2.34. The maximum Gasteiger partial charge on any atom is 0.164 e. The van der Waals surface area contributed by atoms with Crippen molar-refractivity contribution in [2.75, 3.05) is 5.32 Å². The first-order valence-electron chi connectivity index (χ1n) is 10.1. The number of nitrogens with one attached hydrogen (secondary N) is 2. The number of hydrogen-bond acceptors (Lipinski definition) is 4. The van der Waals surface area contributed by atoms with Crippen LogP contribution in [-0.4, -0.2) is 20.2 Å². The first-order chi connectivity index (χ1) is 14.3. The quantitative estimate of drug-likeness (QED) is 0.454. The zero-order valence-corrected chi connectivity index (χ0v) is 16.0. The average Bonchev–Trinajstić information content (AvgIpc) is 3.17. The van der Waals surface area contributed by atoms with E-state index in [0.29, 0.717) is 28.9 Å². The number of fused-ring (bicyclic) bond motifs is 1. The fraction of sp³-hybridized carbons (Fsp3) is 0.261. The van der Waals surface area contributed by atoms with E-state index in [-0.39, 0.29) is 5.82 Å². The van der Waals surface area contributed by atoms with E-state index in [4.69, 9.17) is 4.98 Å². The predicted molar refractivity (Wildman–Crippen MR) is 113 cm³/mol. The highest BCUT2D eigenvalue weighted by atomic mass is 19.1. The molecule has 146 valence electrons. The van der Waals surface area contributed by atoms with E-state index in [9.17, 15) is 4.39 Å². The number of aromatic nitrogens is 4. The van der Waals surface area contributed by atoms with Gasteiger partial charge in [-0.2, -0.15) is 5.10 Å². The Balaban J connectivity index is 1.58. The summed E-state index contributed by atoms with van der Waals surface area (Å²) in [5, 5.41) is 11.7. The van der Waals surface area contributed by atoms with E-state index in [1.165, 1.54) is 25.3 Å². The van der Waals surface area contributed by atoms with Crippen LogP contribution in [0.15, 0.2) is 54.6 Å². The van der Waals surface area contributed by atoms with Gasteiger partial charge in [0.1, 0.15) is 11.6 Å². The van der Waals surface area contributed by atoms with Gasteiger partial charge in [-0.25, -0.2) is 14.4 Å². The highest BCUT2D eigenvalue weighted by Gasteiger charge is 2.20. The minimum absolute atomic E-state index is 0.315.